The van der Waals surface area contributed by atoms with Gasteiger partial charge in [-0.05, 0) is 0 Å². The topological polar surface area (TPSA) is 70.0 Å². The fraction of sp³-hybridized carbons (Fsp3) is 0.375. The number of hydrogen-bond acceptors (Lipinski definition) is 3. The summed E-state index contributed by atoms with van der Waals surface area (Å²) < 4.78 is 0.584. The van der Waals surface area contributed by atoms with E-state index in [1.165, 1.54) is 0 Å². The molecule has 0 aromatic heterocycles. The van der Waals surface area contributed by atoms with Crippen molar-refractivity contribution in [3.63, 3.8) is 0 Å². The lowest BCUT2D eigenvalue weighted by atomic mass is 10.2. The standard InChI is InChI=1S/C8H9BrN2O3/c1-5(9)4-11-7(12)3-2-6(10-11)8(13)14/h1-4H2,(H,13,14). The average Bonchev–Trinajstić information content (AvgIpc) is 2.07. The number of hydrogen-bond donors (Lipinski definition) is 1. The highest BCUT2D eigenvalue weighted by Gasteiger charge is 2.23. The van der Waals surface area contributed by atoms with Crippen molar-refractivity contribution in [1.82, 2.24) is 5.01 Å². The molecule has 1 aliphatic rings. The van der Waals surface area contributed by atoms with Gasteiger partial charge in [-0.3, -0.25) is 4.79 Å². The fourth-order valence-electron chi connectivity index (χ4n) is 1.04. The molecule has 0 fully saturated rings. The molecule has 0 unspecified atom stereocenters. The number of nitrogens with zero attached hydrogens (tertiary/aromatic N) is 2. The van der Waals surface area contributed by atoms with Crippen LogP contribution in [0, 0.1) is 0 Å². The predicted octanol–water partition coefficient (Wildman–Crippen LogP) is 0.958. The van der Waals surface area contributed by atoms with E-state index in [0.29, 0.717) is 4.48 Å². The van der Waals surface area contributed by atoms with Crippen molar-refractivity contribution in [2.45, 2.75) is 12.8 Å². The van der Waals surface area contributed by atoms with Gasteiger partial charge in [0.25, 0.3) is 0 Å². The zero-order chi connectivity index (χ0) is 10.7. The maximum atomic E-state index is 11.3. The molecule has 0 spiro atoms. The Morgan fingerprint density at radius 3 is 2.79 bits per heavy atom. The first-order chi connectivity index (χ1) is 6.50. The zero-order valence-corrected chi connectivity index (χ0v) is 8.95. The van der Waals surface area contributed by atoms with E-state index in [9.17, 15) is 9.59 Å². The lowest BCUT2D eigenvalue weighted by molar-refractivity contribution is -0.132. The second-order valence-corrected chi connectivity index (χ2v) is 3.94. The molecule has 0 atom stereocenters. The normalized spacial score (nSPS) is 16.5. The van der Waals surface area contributed by atoms with Crippen LogP contribution < -0.4 is 0 Å². The summed E-state index contributed by atoms with van der Waals surface area (Å²) in [5, 5.41) is 13.5. The number of halogens is 1. The van der Waals surface area contributed by atoms with Gasteiger partial charge in [0.15, 0.2) is 0 Å². The van der Waals surface area contributed by atoms with Crippen molar-refractivity contribution in [1.29, 1.82) is 0 Å². The summed E-state index contributed by atoms with van der Waals surface area (Å²) in [5.74, 6) is -1.27. The molecule has 6 heteroatoms. The minimum Gasteiger partial charge on any atom is -0.477 e. The van der Waals surface area contributed by atoms with Crippen LogP contribution in [0.5, 0.6) is 0 Å². The third-order valence-electron chi connectivity index (χ3n) is 1.67. The largest absolute Gasteiger partial charge is 0.477 e. The molecule has 0 aliphatic carbocycles. The highest BCUT2D eigenvalue weighted by atomic mass is 79.9. The van der Waals surface area contributed by atoms with Gasteiger partial charge in [-0.2, -0.15) is 5.10 Å². The van der Waals surface area contributed by atoms with E-state index in [1.807, 2.05) is 0 Å². The van der Waals surface area contributed by atoms with Gasteiger partial charge >= 0.3 is 5.97 Å². The monoisotopic (exact) mass is 260 g/mol. The number of hydrazone groups is 1. The van der Waals surface area contributed by atoms with Crippen molar-refractivity contribution in [3.05, 3.63) is 11.1 Å². The van der Waals surface area contributed by atoms with E-state index in [1.54, 1.807) is 0 Å². The van der Waals surface area contributed by atoms with Gasteiger partial charge < -0.3 is 5.11 Å². The smallest absolute Gasteiger partial charge is 0.352 e. The Hall–Kier alpha value is -1.17. The van der Waals surface area contributed by atoms with Crippen molar-refractivity contribution in [3.8, 4) is 0 Å². The Bertz CT molecular complexity index is 325. The second kappa shape index (κ2) is 4.36. The second-order valence-electron chi connectivity index (χ2n) is 2.82. The quantitative estimate of drug-likeness (QED) is 0.822. The molecule has 0 radical (unpaired) electrons. The maximum absolute atomic E-state index is 11.3. The molecule has 1 amide bonds. The van der Waals surface area contributed by atoms with E-state index in [-0.39, 0.29) is 31.0 Å². The molecule has 0 aromatic rings. The van der Waals surface area contributed by atoms with E-state index in [4.69, 9.17) is 5.11 Å². The van der Waals surface area contributed by atoms with Gasteiger partial charge in [0, 0.05) is 17.3 Å². The molecule has 1 rings (SSSR count). The van der Waals surface area contributed by atoms with Crippen LogP contribution in [0.15, 0.2) is 16.2 Å². The average molecular weight is 261 g/mol. The SMILES string of the molecule is C=C(Br)CN1N=C(C(=O)O)CCC1=O. The van der Waals surface area contributed by atoms with Crippen LogP contribution in [-0.4, -0.2) is 34.2 Å². The van der Waals surface area contributed by atoms with Crippen molar-refractivity contribution in [2.75, 3.05) is 6.54 Å². The summed E-state index contributed by atoms with van der Waals surface area (Å²) in [5.41, 5.74) is 0.0124. The Morgan fingerprint density at radius 2 is 2.29 bits per heavy atom. The van der Waals surface area contributed by atoms with E-state index >= 15 is 0 Å². The zero-order valence-electron chi connectivity index (χ0n) is 7.36. The molecule has 0 saturated carbocycles. The Kier molecular flexibility index (Phi) is 3.40. The number of carboxylic acids is 1. The summed E-state index contributed by atoms with van der Waals surface area (Å²) in [6.07, 6.45) is 0.380. The molecular weight excluding hydrogens is 252 g/mol. The summed E-state index contributed by atoms with van der Waals surface area (Å²) in [7, 11) is 0. The van der Waals surface area contributed by atoms with Crippen LogP contribution in [-0.2, 0) is 9.59 Å². The first-order valence-electron chi connectivity index (χ1n) is 3.95. The number of amides is 1. The first kappa shape index (κ1) is 10.9. The number of carboxylic acid groups (broad SMARTS) is 1. The van der Waals surface area contributed by atoms with Crippen LogP contribution in [0.1, 0.15) is 12.8 Å². The van der Waals surface area contributed by atoms with Crippen LogP contribution in [0.25, 0.3) is 0 Å². The molecule has 5 nitrogen and oxygen atoms in total. The van der Waals surface area contributed by atoms with Crippen molar-refractivity contribution in [2.24, 2.45) is 5.10 Å². The van der Waals surface area contributed by atoms with Crippen molar-refractivity contribution < 1.29 is 14.7 Å². The highest BCUT2D eigenvalue weighted by molar-refractivity contribution is 9.11. The van der Waals surface area contributed by atoms with E-state index in [2.05, 4.69) is 27.6 Å². The van der Waals surface area contributed by atoms with E-state index < -0.39 is 5.97 Å². The fourth-order valence-corrected chi connectivity index (χ4v) is 1.28. The molecule has 1 N–H and O–H groups in total. The Labute approximate surface area is 89.2 Å². The first-order valence-corrected chi connectivity index (χ1v) is 4.74. The number of aliphatic carboxylic acids is 1. The molecule has 14 heavy (non-hydrogen) atoms. The summed E-state index contributed by atoms with van der Waals surface area (Å²) >= 11 is 3.09. The summed E-state index contributed by atoms with van der Waals surface area (Å²) in [6.45, 7) is 3.76. The number of rotatable bonds is 3. The van der Waals surface area contributed by atoms with Gasteiger partial charge in [-0.15, -0.1) is 0 Å². The van der Waals surface area contributed by atoms with Crippen LogP contribution >= 0.6 is 15.9 Å². The van der Waals surface area contributed by atoms with Crippen molar-refractivity contribution >= 4 is 33.5 Å². The molecular formula is C8H9BrN2O3. The molecule has 0 aromatic carbocycles. The van der Waals surface area contributed by atoms with Gasteiger partial charge in [0.2, 0.25) is 5.91 Å². The minimum absolute atomic E-state index is 0.0124. The van der Waals surface area contributed by atoms with Gasteiger partial charge in [0.05, 0.1) is 6.54 Å². The molecule has 0 saturated heterocycles. The lowest BCUT2D eigenvalue weighted by Gasteiger charge is -2.21. The molecule has 1 aliphatic heterocycles. The minimum atomic E-state index is -1.08. The lowest BCUT2D eigenvalue weighted by Crippen LogP contribution is -2.34. The van der Waals surface area contributed by atoms with Crippen LogP contribution in [0.4, 0.5) is 0 Å². The molecule has 76 valence electrons. The third kappa shape index (κ3) is 2.66. The van der Waals surface area contributed by atoms with Gasteiger partial charge in [-0.1, -0.05) is 22.5 Å². The van der Waals surface area contributed by atoms with Crippen LogP contribution in [0.2, 0.25) is 0 Å². The molecule has 0 bridgehead atoms. The number of carbonyl (C=O) groups excluding carboxylic acids is 1. The predicted molar refractivity (Wildman–Crippen MR) is 54.1 cm³/mol. The Morgan fingerprint density at radius 1 is 1.64 bits per heavy atom. The highest BCUT2D eigenvalue weighted by Crippen LogP contribution is 2.13. The number of carbonyl (C=O) groups is 2. The van der Waals surface area contributed by atoms with Gasteiger partial charge in [-0.25, -0.2) is 9.80 Å². The maximum Gasteiger partial charge on any atom is 0.352 e. The van der Waals surface area contributed by atoms with Gasteiger partial charge in [0.1, 0.15) is 5.71 Å². The summed E-state index contributed by atoms with van der Waals surface area (Å²) in [4.78, 5) is 21.9. The van der Waals surface area contributed by atoms with E-state index in [0.717, 1.165) is 5.01 Å². The third-order valence-corrected chi connectivity index (χ3v) is 1.92. The molecule has 1 heterocycles. The summed E-state index contributed by atoms with van der Waals surface area (Å²) in [6, 6.07) is 0. The Balaban J connectivity index is 2.80. The van der Waals surface area contributed by atoms with Crippen LogP contribution in [0.3, 0.4) is 0 Å².